The zero-order valence-electron chi connectivity index (χ0n) is 14.7. The van der Waals surface area contributed by atoms with Crippen LogP contribution in [0.4, 0.5) is 4.79 Å². The van der Waals surface area contributed by atoms with Gasteiger partial charge in [-0.05, 0) is 39.2 Å². The summed E-state index contributed by atoms with van der Waals surface area (Å²) in [6, 6.07) is 0.0638. The average molecular weight is 353 g/mol. The third kappa shape index (κ3) is 4.68. The SMILES string of the molecule is Cc1ncsc1CN(C)C[C@@H]1CCN(C(=O)NC[C@H]2CCCO2)C1. The summed E-state index contributed by atoms with van der Waals surface area (Å²) in [5.74, 6) is 0.553. The fraction of sp³-hybridized carbons (Fsp3) is 0.765. The number of hydrogen-bond acceptors (Lipinski definition) is 5. The van der Waals surface area contributed by atoms with Gasteiger partial charge >= 0.3 is 6.03 Å². The Hall–Kier alpha value is -1.18. The quantitative estimate of drug-likeness (QED) is 0.852. The first-order chi connectivity index (χ1) is 11.6. The van der Waals surface area contributed by atoms with Crippen molar-refractivity contribution >= 4 is 17.4 Å². The number of aryl methyl sites for hydroxylation is 1. The maximum Gasteiger partial charge on any atom is 0.317 e. The van der Waals surface area contributed by atoms with Crippen LogP contribution in [0.25, 0.3) is 0 Å². The molecule has 1 aromatic rings. The summed E-state index contributed by atoms with van der Waals surface area (Å²) in [7, 11) is 2.15. The van der Waals surface area contributed by atoms with Crippen molar-refractivity contribution in [1.82, 2.24) is 20.1 Å². The number of ether oxygens (including phenoxy) is 1. The van der Waals surface area contributed by atoms with Crippen LogP contribution < -0.4 is 5.32 Å². The van der Waals surface area contributed by atoms with E-state index in [1.165, 1.54) is 4.88 Å². The third-order valence-electron chi connectivity index (χ3n) is 4.91. The summed E-state index contributed by atoms with van der Waals surface area (Å²) >= 11 is 1.72. The number of aromatic nitrogens is 1. The molecule has 0 unspecified atom stereocenters. The third-order valence-corrected chi connectivity index (χ3v) is 5.83. The number of carbonyl (C=O) groups excluding carboxylic acids is 1. The molecule has 2 aliphatic heterocycles. The molecule has 1 N–H and O–H groups in total. The number of urea groups is 1. The lowest BCUT2D eigenvalue weighted by atomic mass is 10.1. The molecule has 24 heavy (non-hydrogen) atoms. The number of nitrogens with zero attached hydrogens (tertiary/aromatic N) is 3. The molecule has 7 heteroatoms. The minimum Gasteiger partial charge on any atom is -0.376 e. The molecule has 0 radical (unpaired) electrons. The van der Waals surface area contributed by atoms with Crippen molar-refractivity contribution in [3.8, 4) is 0 Å². The van der Waals surface area contributed by atoms with Crippen molar-refractivity contribution in [3.05, 3.63) is 16.1 Å². The molecule has 1 aromatic heterocycles. The highest BCUT2D eigenvalue weighted by Gasteiger charge is 2.27. The van der Waals surface area contributed by atoms with Crippen molar-refractivity contribution in [3.63, 3.8) is 0 Å². The van der Waals surface area contributed by atoms with Crippen LogP contribution in [0.1, 0.15) is 29.8 Å². The minimum absolute atomic E-state index is 0.0638. The Morgan fingerprint density at radius 1 is 1.54 bits per heavy atom. The van der Waals surface area contributed by atoms with Gasteiger partial charge in [0.15, 0.2) is 0 Å². The zero-order valence-corrected chi connectivity index (χ0v) is 15.5. The molecule has 134 valence electrons. The topological polar surface area (TPSA) is 57.7 Å². The van der Waals surface area contributed by atoms with E-state index in [1.54, 1.807) is 11.3 Å². The number of rotatable bonds is 6. The maximum absolute atomic E-state index is 12.3. The van der Waals surface area contributed by atoms with Gasteiger partial charge in [0, 0.05) is 44.2 Å². The Balaban J connectivity index is 1.38. The van der Waals surface area contributed by atoms with E-state index in [0.717, 1.165) is 57.7 Å². The van der Waals surface area contributed by atoms with Gasteiger partial charge in [-0.2, -0.15) is 0 Å². The normalized spacial score (nSPS) is 24.0. The van der Waals surface area contributed by atoms with Crippen molar-refractivity contribution in [1.29, 1.82) is 0 Å². The molecule has 2 amide bonds. The van der Waals surface area contributed by atoms with E-state index in [0.29, 0.717) is 12.5 Å². The molecule has 3 rings (SSSR count). The van der Waals surface area contributed by atoms with Crippen LogP contribution in [0, 0.1) is 12.8 Å². The van der Waals surface area contributed by atoms with Crippen molar-refractivity contribution in [2.45, 2.75) is 38.8 Å². The van der Waals surface area contributed by atoms with E-state index in [4.69, 9.17) is 4.74 Å². The summed E-state index contributed by atoms with van der Waals surface area (Å²) in [5.41, 5.74) is 3.04. The number of hydrogen-bond donors (Lipinski definition) is 1. The van der Waals surface area contributed by atoms with Gasteiger partial charge < -0.3 is 19.9 Å². The van der Waals surface area contributed by atoms with Gasteiger partial charge in [-0.3, -0.25) is 0 Å². The van der Waals surface area contributed by atoms with Gasteiger partial charge in [-0.25, -0.2) is 9.78 Å². The molecule has 0 spiro atoms. The Morgan fingerprint density at radius 3 is 3.12 bits per heavy atom. The lowest BCUT2D eigenvalue weighted by Crippen LogP contribution is -2.42. The number of nitrogens with one attached hydrogen (secondary N) is 1. The highest BCUT2D eigenvalue weighted by atomic mass is 32.1. The van der Waals surface area contributed by atoms with Gasteiger partial charge in [0.25, 0.3) is 0 Å². The second-order valence-electron chi connectivity index (χ2n) is 6.98. The Morgan fingerprint density at radius 2 is 2.42 bits per heavy atom. The Kier molecular flexibility index (Phi) is 6.08. The van der Waals surface area contributed by atoms with Crippen LogP contribution in [0.15, 0.2) is 5.51 Å². The predicted molar refractivity (Wildman–Crippen MR) is 95.2 cm³/mol. The summed E-state index contributed by atoms with van der Waals surface area (Å²) in [6.45, 7) is 7.21. The molecule has 0 saturated carbocycles. The number of carbonyl (C=O) groups is 1. The fourth-order valence-electron chi connectivity index (χ4n) is 3.51. The van der Waals surface area contributed by atoms with Crippen molar-refractivity contribution in [2.75, 3.05) is 39.8 Å². The molecular formula is C17H28N4O2S. The van der Waals surface area contributed by atoms with Gasteiger partial charge in [0.2, 0.25) is 0 Å². The molecule has 6 nitrogen and oxygen atoms in total. The number of likely N-dealkylation sites (tertiary alicyclic amines) is 1. The largest absolute Gasteiger partial charge is 0.376 e. The van der Waals surface area contributed by atoms with Gasteiger partial charge in [-0.15, -0.1) is 11.3 Å². The highest BCUT2D eigenvalue weighted by Crippen LogP contribution is 2.20. The van der Waals surface area contributed by atoms with Gasteiger partial charge in [-0.1, -0.05) is 0 Å². The van der Waals surface area contributed by atoms with Crippen LogP contribution in [0.2, 0.25) is 0 Å². The first-order valence-corrected chi connectivity index (χ1v) is 9.71. The summed E-state index contributed by atoms with van der Waals surface area (Å²) < 4.78 is 5.56. The van der Waals surface area contributed by atoms with E-state index < -0.39 is 0 Å². The standard InChI is InChI=1S/C17H28N4O2S/c1-13-16(24-12-19-13)11-20(2)9-14-5-6-21(10-14)17(22)18-8-15-4-3-7-23-15/h12,14-15H,3-11H2,1-2H3,(H,18,22)/t14-,15+/m0/s1. The van der Waals surface area contributed by atoms with Crippen LogP contribution in [-0.4, -0.2) is 66.8 Å². The predicted octanol–water partition coefficient (Wildman–Crippen LogP) is 2.09. The minimum atomic E-state index is 0.0638. The van der Waals surface area contributed by atoms with Crippen LogP contribution in [0.3, 0.4) is 0 Å². The lowest BCUT2D eigenvalue weighted by Gasteiger charge is -2.22. The first kappa shape index (κ1) is 17.6. The molecule has 2 atom stereocenters. The monoisotopic (exact) mass is 352 g/mol. The average Bonchev–Trinajstić information content (AvgIpc) is 3.28. The van der Waals surface area contributed by atoms with E-state index in [1.807, 2.05) is 10.4 Å². The van der Waals surface area contributed by atoms with E-state index in [2.05, 4.69) is 29.2 Å². The van der Waals surface area contributed by atoms with Crippen molar-refractivity contribution in [2.24, 2.45) is 5.92 Å². The molecule has 0 aromatic carbocycles. The van der Waals surface area contributed by atoms with Gasteiger partial charge in [0.1, 0.15) is 0 Å². The Bertz CT molecular complexity index is 544. The molecular weight excluding hydrogens is 324 g/mol. The smallest absolute Gasteiger partial charge is 0.317 e. The van der Waals surface area contributed by atoms with Crippen LogP contribution >= 0.6 is 11.3 Å². The van der Waals surface area contributed by atoms with Crippen LogP contribution in [0.5, 0.6) is 0 Å². The van der Waals surface area contributed by atoms with E-state index in [9.17, 15) is 4.79 Å². The fourth-order valence-corrected chi connectivity index (χ4v) is 4.37. The molecule has 0 aliphatic carbocycles. The first-order valence-electron chi connectivity index (χ1n) is 8.83. The Labute approximate surface area is 148 Å². The zero-order chi connectivity index (χ0) is 16.9. The molecule has 2 aliphatic rings. The second-order valence-corrected chi connectivity index (χ2v) is 7.92. The van der Waals surface area contributed by atoms with E-state index >= 15 is 0 Å². The summed E-state index contributed by atoms with van der Waals surface area (Å²) in [4.78, 5) is 22.2. The van der Waals surface area contributed by atoms with Gasteiger partial charge in [0.05, 0.1) is 17.3 Å². The summed E-state index contributed by atoms with van der Waals surface area (Å²) in [6.07, 6.45) is 3.46. The van der Waals surface area contributed by atoms with Crippen molar-refractivity contribution < 1.29 is 9.53 Å². The lowest BCUT2D eigenvalue weighted by molar-refractivity contribution is 0.109. The number of amides is 2. The van der Waals surface area contributed by atoms with E-state index in [-0.39, 0.29) is 12.1 Å². The number of thiazole rings is 1. The maximum atomic E-state index is 12.3. The molecule has 2 saturated heterocycles. The van der Waals surface area contributed by atoms with Crippen LogP contribution in [-0.2, 0) is 11.3 Å². The molecule has 0 bridgehead atoms. The summed E-state index contributed by atoms with van der Waals surface area (Å²) in [5, 5.41) is 3.03. The molecule has 3 heterocycles. The molecule has 2 fully saturated rings. The highest BCUT2D eigenvalue weighted by molar-refractivity contribution is 7.09. The second kappa shape index (κ2) is 8.27.